The molecule has 0 bridgehead atoms. The van der Waals surface area contributed by atoms with Gasteiger partial charge in [-0.15, -0.1) is 0 Å². The number of hydrogen-bond acceptors (Lipinski definition) is 3. The van der Waals surface area contributed by atoms with Gasteiger partial charge in [-0.3, -0.25) is 9.78 Å². The molecular weight excluding hydrogens is 228 g/mol. The summed E-state index contributed by atoms with van der Waals surface area (Å²) in [6.07, 6.45) is 7.55. The van der Waals surface area contributed by atoms with Gasteiger partial charge in [0.15, 0.2) is 0 Å². The molecule has 1 N–H and O–H groups in total. The second-order valence-electron chi connectivity index (χ2n) is 4.10. The van der Waals surface area contributed by atoms with Crippen molar-refractivity contribution in [2.24, 2.45) is 7.05 Å². The first-order valence-electron chi connectivity index (χ1n) is 5.89. The number of aromatic nitrogens is 3. The van der Waals surface area contributed by atoms with E-state index in [-0.39, 0.29) is 11.9 Å². The van der Waals surface area contributed by atoms with Gasteiger partial charge < -0.3 is 9.88 Å². The van der Waals surface area contributed by atoms with Crippen LogP contribution in [-0.2, 0) is 7.05 Å². The summed E-state index contributed by atoms with van der Waals surface area (Å²) in [5.74, 6) is -0.0922. The Balaban J connectivity index is 2.13. The SMILES string of the molecule is CC[C@H](NC(=O)c1ccncc1)c1cncn1C. The highest BCUT2D eigenvalue weighted by molar-refractivity contribution is 5.94. The molecular formula is C13H16N4O. The molecule has 0 saturated heterocycles. The van der Waals surface area contributed by atoms with Gasteiger partial charge in [-0.2, -0.15) is 0 Å². The van der Waals surface area contributed by atoms with Gasteiger partial charge in [0.1, 0.15) is 0 Å². The molecule has 5 heteroatoms. The topological polar surface area (TPSA) is 59.8 Å². The van der Waals surface area contributed by atoms with Crippen LogP contribution in [0.5, 0.6) is 0 Å². The Morgan fingerprint density at radius 2 is 2.11 bits per heavy atom. The van der Waals surface area contributed by atoms with Crippen molar-refractivity contribution < 1.29 is 4.79 Å². The predicted octanol–water partition coefficient (Wildman–Crippen LogP) is 1.70. The molecule has 1 amide bonds. The fourth-order valence-corrected chi connectivity index (χ4v) is 1.83. The van der Waals surface area contributed by atoms with Crippen molar-refractivity contribution in [2.75, 3.05) is 0 Å². The first kappa shape index (κ1) is 12.3. The molecule has 0 aliphatic heterocycles. The summed E-state index contributed by atoms with van der Waals surface area (Å²) in [5.41, 5.74) is 1.62. The highest BCUT2D eigenvalue weighted by atomic mass is 16.1. The highest BCUT2D eigenvalue weighted by Gasteiger charge is 2.16. The van der Waals surface area contributed by atoms with Crippen LogP contribution in [0.1, 0.15) is 35.4 Å². The lowest BCUT2D eigenvalue weighted by atomic mass is 10.1. The number of rotatable bonds is 4. The van der Waals surface area contributed by atoms with Crippen molar-refractivity contribution in [1.82, 2.24) is 19.9 Å². The average Bonchev–Trinajstić information content (AvgIpc) is 2.83. The lowest BCUT2D eigenvalue weighted by molar-refractivity contribution is 0.0934. The fourth-order valence-electron chi connectivity index (χ4n) is 1.83. The van der Waals surface area contributed by atoms with Gasteiger partial charge in [0, 0.05) is 25.0 Å². The zero-order valence-electron chi connectivity index (χ0n) is 10.5. The third-order valence-corrected chi connectivity index (χ3v) is 2.87. The Morgan fingerprint density at radius 1 is 1.39 bits per heavy atom. The van der Waals surface area contributed by atoms with E-state index in [1.165, 1.54) is 0 Å². The summed E-state index contributed by atoms with van der Waals surface area (Å²) in [7, 11) is 1.92. The number of carbonyl (C=O) groups excluding carboxylic acids is 1. The van der Waals surface area contributed by atoms with E-state index in [1.807, 2.05) is 18.5 Å². The summed E-state index contributed by atoms with van der Waals surface area (Å²) in [6, 6.07) is 3.37. The lowest BCUT2D eigenvalue weighted by Gasteiger charge is -2.17. The van der Waals surface area contributed by atoms with Crippen LogP contribution in [-0.4, -0.2) is 20.4 Å². The second kappa shape index (κ2) is 5.44. The number of imidazole rings is 1. The quantitative estimate of drug-likeness (QED) is 0.890. The molecule has 2 rings (SSSR count). The summed E-state index contributed by atoms with van der Waals surface area (Å²) in [5, 5.41) is 3.00. The molecule has 2 heterocycles. The standard InChI is InChI=1S/C13H16N4O/c1-3-11(12-8-15-9-17(12)2)16-13(18)10-4-6-14-7-5-10/h4-9,11H,3H2,1-2H3,(H,16,18)/t11-/m0/s1. The molecule has 0 unspecified atom stereocenters. The molecule has 2 aromatic rings. The molecule has 2 aromatic heterocycles. The molecule has 1 atom stereocenters. The van der Waals surface area contributed by atoms with Crippen molar-refractivity contribution in [3.05, 3.63) is 48.3 Å². The summed E-state index contributed by atoms with van der Waals surface area (Å²) in [6.45, 7) is 2.03. The Kier molecular flexibility index (Phi) is 3.72. The number of aryl methyl sites for hydroxylation is 1. The largest absolute Gasteiger partial charge is 0.344 e. The normalized spacial score (nSPS) is 12.1. The Bertz CT molecular complexity index is 521. The smallest absolute Gasteiger partial charge is 0.251 e. The van der Waals surface area contributed by atoms with Gasteiger partial charge in [-0.1, -0.05) is 6.92 Å². The first-order valence-corrected chi connectivity index (χ1v) is 5.89. The van der Waals surface area contributed by atoms with Crippen LogP contribution in [0.3, 0.4) is 0 Å². The lowest BCUT2D eigenvalue weighted by Crippen LogP contribution is -2.29. The van der Waals surface area contributed by atoms with Crippen LogP contribution in [0.2, 0.25) is 0 Å². The van der Waals surface area contributed by atoms with Crippen molar-refractivity contribution in [3.63, 3.8) is 0 Å². The summed E-state index contributed by atoms with van der Waals surface area (Å²) < 4.78 is 1.92. The number of carbonyl (C=O) groups is 1. The minimum Gasteiger partial charge on any atom is -0.344 e. The van der Waals surface area contributed by atoms with Gasteiger partial charge in [-0.05, 0) is 18.6 Å². The number of amides is 1. The predicted molar refractivity (Wildman–Crippen MR) is 67.9 cm³/mol. The van der Waals surface area contributed by atoms with E-state index in [9.17, 15) is 4.79 Å². The maximum atomic E-state index is 12.1. The average molecular weight is 244 g/mol. The number of nitrogens with one attached hydrogen (secondary N) is 1. The van der Waals surface area contributed by atoms with E-state index < -0.39 is 0 Å². The monoisotopic (exact) mass is 244 g/mol. The minimum atomic E-state index is -0.0922. The van der Waals surface area contributed by atoms with Crippen LogP contribution in [0.4, 0.5) is 0 Å². The minimum absolute atomic E-state index is 0.0295. The van der Waals surface area contributed by atoms with Crippen molar-refractivity contribution >= 4 is 5.91 Å². The van der Waals surface area contributed by atoms with Gasteiger partial charge in [0.2, 0.25) is 0 Å². The molecule has 94 valence electrons. The summed E-state index contributed by atoms with van der Waals surface area (Å²) >= 11 is 0. The molecule has 0 fully saturated rings. The van der Waals surface area contributed by atoms with E-state index in [0.717, 1.165) is 12.1 Å². The zero-order valence-corrected chi connectivity index (χ0v) is 10.5. The Hall–Kier alpha value is -2.17. The first-order chi connectivity index (χ1) is 8.72. The Morgan fingerprint density at radius 3 is 2.67 bits per heavy atom. The molecule has 0 spiro atoms. The van der Waals surface area contributed by atoms with E-state index in [4.69, 9.17) is 0 Å². The van der Waals surface area contributed by atoms with Crippen LogP contribution in [0.15, 0.2) is 37.1 Å². The third-order valence-electron chi connectivity index (χ3n) is 2.87. The van der Waals surface area contributed by atoms with E-state index in [0.29, 0.717) is 5.56 Å². The molecule has 5 nitrogen and oxygen atoms in total. The zero-order chi connectivity index (χ0) is 13.0. The van der Waals surface area contributed by atoms with Crippen LogP contribution in [0, 0.1) is 0 Å². The molecule has 0 aliphatic rings. The van der Waals surface area contributed by atoms with Gasteiger partial charge >= 0.3 is 0 Å². The van der Waals surface area contributed by atoms with Crippen molar-refractivity contribution in [3.8, 4) is 0 Å². The number of pyridine rings is 1. The van der Waals surface area contributed by atoms with Crippen molar-refractivity contribution in [2.45, 2.75) is 19.4 Å². The summed E-state index contributed by atoms with van der Waals surface area (Å²) in [4.78, 5) is 20.0. The molecule has 0 radical (unpaired) electrons. The van der Waals surface area contributed by atoms with E-state index >= 15 is 0 Å². The number of hydrogen-bond donors (Lipinski definition) is 1. The van der Waals surface area contributed by atoms with Crippen LogP contribution >= 0.6 is 0 Å². The highest BCUT2D eigenvalue weighted by Crippen LogP contribution is 2.15. The fraction of sp³-hybridized carbons (Fsp3) is 0.308. The van der Waals surface area contributed by atoms with Crippen molar-refractivity contribution in [1.29, 1.82) is 0 Å². The molecule has 18 heavy (non-hydrogen) atoms. The maximum Gasteiger partial charge on any atom is 0.251 e. The van der Waals surface area contributed by atoms with Crippen LogP contribution in [0.25, 0.3) is 0 Å². The van der Waals surface area contributed by atoms with Gasteiger partial charge in [0.25, 0.3) is 5.91 Å². The van der Waals surface area contributed by atoms with Crippen LogP contribution < -0.4 is 5.32 Å². The Labute approximate surface area is 106 Å². The number of nitrogens with zero attached hydrogens (tertiary/aromatic N) is 3. The second-order valence-corrected chi connectivity index (χ2v) is 4.10. The van der Waals surface area contributed by atoms with Gasteiger partial charge in [0.05, 0.1) is 24.3 Å². The molecule has 0 aromatic carbocycles. The maximum absolute atomic E-state index is 12.1. The van der Waals surface area contributed by atoms with E-state index in [2.05, 4.69) is 15.3 Å². The van der Waals surface area contributed by atoms with E-state index in [1.54, 1.807) is 37.1 Å². The molecule has 0 aliphatic carbocycles. The third kappa shape index (κ3) is 2.56. The van der Waals surface area contributed by atoms with Gasteiger partial charge in [-0.25, -0.2) is 4.98 Å². The molecule has 0 saturated carbocycles.